The van der Waals surface area contributed by atoms with Crippen LogP contribution in [0.25, 0.3) is 0 Å². The topological polar surface area (TPSA) is 66.6 Å². The number of carbonyl (C=O) groups is 2. The SMILES string of the molecule is NC(=O)CN1CCN(C(=O)c2ccc(Cl)cc2F)CC1. The molecular weight excluding hydrogens is 285 g/mol. The van der Waals surface area contributed by atoms with Gasteiger partial charge in [-0.05, 0) is 18.2 Å². The van der Waals surface area contributed by atoms with E-state index in [9.17, 15) is 14.0 Å². The minimum absolute atomic E-state index is 0.0118. The molecule has 0 radical (unpaired) electrons. The Kier molecular flexibility index (Phi) is 4.57. The minimum Gasteiger partial charge on any atom is -0.369 e. The number of rotatable bonds is 3. The van der Waals surface area contributed by atoms with Gasteiger partial charge in [0, 0.05) is 31.2 Å². The molecule has 2 rings (SSSR count). The molecule has 0 unspecified atom stereocenters. The Morgan fingerprint density at radius 3 is 2.45 bits per heavy atom. The van der Waals surface area contributed by atoms with E-state index < -0.39 is 11.7 Å². The van der Waals surface area contributed by atoms with E-state index in [0.29, 0.717) is 26.2 Å². The van der Waals surface area contributed by atoms with Crippen LogP contribution in [0.4, 0.5) is 4.39 Å². The van der Waals surface area contributed by atoms with Gasteiger partial charge < -0.3 is 10.6 Å². The van der Waals surface area contributed by atoms with Crippen LogP contribution in [0.3, 0.4) is 0 Å². The van der Waals surface area contributed by atoms with Gasteiger partial charge >= 0.3 is 0 Å². The van der Waals surface area contributed by atoms with Gasteiger partial charge in [-0.25, -0.2) is 4.39 Å². The lowest BCUT2D eigenvalue weighted by atomic mass is 10.1. The molecule has 5 nitrogen and oxygen atoms in total. The van der Waals surface area contributed by atoms with Crippen molar-refractivity contribution in [1.29, 1.82) is 0 Å². The first-order chi connectivity index (χ1) is 9.47. The number of hydrogen-bond donors (Lipinski definition) is 1. The molecular formula is C13H15ClFN3O2. The molecule has 1 fully saturated rings. The summed E-state index contributed by atoms with van der Waals surface area (Å²) in [6, 6.07) is 4.00. The molecule has 0 atom stereocenters. The lowest BCUT2D eigenvalue weighted by Crippen LogP contribution is -2.50. The van der Waals surface area contributed by atoms with Crippen molar-refractivity contribution < 1.29 is 14.0 Å². The number of primary amides is 1. The third kappa shape index (κ3) is 3.46. The predicted molar refractivity (Wildman–Crippen MR) is 72.9 cm³/mol. The second kappa shape index (κ2) is 6.19. The van der Waals surface area contributed by atoms with Crippen molar-refractivity contribution >= 4 is 23.4 Å². The summed E-state index contributed by atoms with van der Waals surface area (Å²) in [7, 11) is 0. The highest BCUT2D eigenvalue weighted by atomic mass is 35.5. The summed E-state index contributed by atoms with van der Waals surface area (Å²) in [6.45, 7) is 2.15. The van der Waals surface area contributed by atoms with E-state index in [1.165, 1.54) is 12.1 Å². The fraction of sp³-hybridized carbons (Fsp3) is 0.385. The molecule has 1 saturated heterocycles. The van der Waals surface area contributed by atoms with Crippen molar-refractivity contribution in [1.82, 2.24) is 9.80 Å². The van der Waals surface area contributed by atoms with E-state index in [-0.39, 0.29) is 23.0 Å². The second-order valence-electron chi connectivity index (χ2n) is 4.66. The summed E-state index contributed by atoms with van der Waals surface area (Å²) < 4.78 is 13.7. The zero-order valence-corrected chi connectivity index (χ0v) is 11.6. The summed E-state index contributed by atoms with van der Waals surface area (Å²) in [5.41, 5.74) is 5.13. The lowest BCUT2D eigenvalue weighted by molar-refractivity contribution is -0.119. The van der Waals surface area contributed by atoms with Gasteiger partial charge in [0.25, 0.3) is 5.91 Å². The van der Waals surface area contributed by atoms with Gasteiger partial charge in [0.1, 0.15) is 5.82 Å². The summed E-state index contributed by atoms with van der Waals surface area (Å²) in [5, 5.41) is 0.255. The van der Waals surface area contributed by atoms with Gasteiger partial charge in [0.05, 0.1) is 12.1 Å². The van der Waals surface area contributed by atoms with E-state index in [0.717, 1.165) is 6.07 Å². The highest BCUT2D eigenvalue weighted by molar-refractivity contribution is 6.30. The van der Waals surface area contributed by atoms with Crippen molar-refractivity contribution in [2.45, 2.75) is 0 Å². The van der Waals surface area contributed by atoms with Crippen molar-refractivity contribution in [3.8, 4) is 0 Å². The molecule has 20 heavy (non-hydrogen) atoms. The van der Waals surface area contributed by atoms with Crippen LogP contribution in [-0.4, -0.2) is 54.3 Å². The molecule has 0 bridgehead atoms. The quantitative estimate of drug-likeness (QED) is 0.894. The Hall–Kier alpha value is -1.66. The molecule has 1 aliphatic heterocycles. The molecule has 1 aliphatic rings. The van der Waals surface area contributed by atoms with Crippen molar-refractivity contribution in [3.63, 3.8) is 0 Å². The van der Waals surface area contributed by atoms with E-state index in [1.54, 1.807) is 4.90 Å². The summed E-state index contributed by atoms with van der Waals surface area (Å²) in [6.07, 6.45) is 0. The number of halogens is 2. The first-order valence-corrected chi connectivity index (χ1v) is 6.60. The van der Waals surface area contributed by atoms with Gasteiger partial charge in [-0.15, -0.1) is 0 Å². The Bertz CT molecular complexity index is 530. The molecule has 1 aromatic rings. The molecule has 7 heteroatoms. The Labute approximate surface area is 121 Å². The molecule has 2 amide bonds. The molecule has 0 aromatic heterocycles. The zero-order chi connectivity index (χ0) is 14.7. The molecule has 0 spiro atoms. The average molecular weight is 300 g/mol. The van der Waals surface area contributed by atoms with Crippen LogP contribution in [0.5, 0.6) is 0 Å². The fourth-order valence-corrected chi connectivity index (χ4v) is 2.32. The van der Waals surface area contributed by atoms with Gasteiger partial charge in [0.2, 0.25) is 5.91 Å². The van der Waals surface area contributed by atoms with Crippen molar-refractivity contribution in [3.05, 3.63) is 34.6 Å². The van der Waals surface area contributed by atoms with Crippen molar-refractivity contribution in [2.75, 3.05) is 32.7 Å². The number of amides is 2. The predicted octanol–water partition coefficient (Wildman–Crippen LogP) is 0.722. The summed E-state index contributed by atoms with van der Waals surface area (Å²) in [4.78, 5) is 26.4. The Morgan fingerprint density at radius 2 is 1.90 bits per heavy atom. The zero-order valence-electron chi connectivity index (χ0n) is 10.8. The number of hydrogen-bond acceptors (Lipinski definition) is 3. The largest absolute Gasteiger partial charge is 0.369 e. The maximum absolute atomic E-state index is 13.7. The molecule has 0 aliphatic carbocycles. The maximum atomic E-state index is 13.7. The van der Waals surface area contributed by atoms with Crippen LogP contribution >= 0.6 is 11.6 Å². The van der Waals surface area contributed by atoms with Gasteiger partial charge in [0.15, 0.2) is 0 Å². The standard InChI is InChI=1S/C13H15ClFN3O2/c14-9-1-2-10(11(15)7-9)13(20)18-5-3-17(4-6-18)8-12(16)19/h1-2,7H,3-6,8H2,(H2,16,19). The Balaban J connectivity index is 1.99. The number of carbonyl (C=O) groups excluding carboxylic acids is 2. The van der Waals surface area contributed by atoms with Crippen LogP contribution in [0, 0.1) is 5.82 Å². The first kappa shape index (κ1) is 14.7. The molecule has 0 saturated carbocycles. The highest BCUT2D eigenvalue weighted by Gasteiger charge is 2.24. The third-order valence-corrected chi connectivity index (χ3v) is 3.44. The van der Waals surface area contributed by atoms with E-state index in [4.69, 9.17) is 17.3 Å². The summed E-state index contributed by atoms with van der Waals surface area (Å²) in [5.74, 6) is -1.38. The smallest absolute Gasteiger partial charge is 0.256 e. The Morgan fingerprint density at radius 1 is 1.25 bits per heavy atom. The first-order valence-electron chi connectivity index (χ1n) is 6.22. The van der Waals surface area contributed by atoms with E-state index >= 15 is 0 Å². The van der Waals surface area contributed by atoms with Crippen molar-refractivity contribution in [2.24, 2.45) is 5.73 Å². The highest BCUT2D eigenvalue weighted by Crippen LogP contribution is 2.17. The average Bonchev–Trinajstić information content (AvgIpc) is 2.38. The van der Waals surface area contributed by atoms with Crippen LogP contribution in [0.15, 0.2) is 18.2 Å². The van der Waals surface area contributed by atoms with Crippen LogP contribution < -0.4 is 5.73 Å². The van der Waals surface area contributed by atoms with E-state index in [1.807, 2.05) is 4.90 Å². The van der Waals surface area contributed by atoms with Gasteiger partial charge in [-0.1, -0.05) is 11.6 Å². The molecule has 2 N–H and O–H groups in total. The molecule has 1 aromatic carbocycles. The number of nitrogens with zero attached hydrogens (tertiary/aromatic N) is 2. The van der Waals surface area contributed by atoms with Gasteiger partial charge in [-0.2, -0.15) is 0 Å². The molecule has 108 valence electrons. The maximum Gasteiger partial charge on any atom is 0.256 e. The van der Waals surface area contributed by atoms with E-state index in [2.05, 4.69) is 0 Å². The van der Waals surface area contributed by atoms with Gasteiger partial charge in [-0.3, -0.25) is 14.5 Å². The fourth-order valence-electron chi connectivity index (χ4n) is 2.16. The molecule has 1 heterocycles. The third-order valence-electron chi connectivity index (χ3n) is 3.20. The number of benzene rings is 1. The number of piperazine rings is 1. The number of nitrogens with two attached hydrogens (primary N) is 1. The lowest BCUT2D eigenvalue weighted by Gasteiger charge is -2.34. The minimum atomic E-state index is -0.623. The normalized spacial score (nSPS) is 16.2. The monoisotopic (exact) mass is 299 g/mol. The van der Waals surface area contributed by atoms with Crippen LogP contribution in [0.1, 0.15) is 10.4 Å². The second-order valence-corrected chi connectivity index (χ2v) is 5.10. The summed E-state index contributed by atoms with van der Waals surface area (Å²) >= 11 is 5.66. The van der Waals surface area contributed by atoms with Crippen LogP contribution in [0.2, 0.25) is 5.02 Å². The van der Waals surface area contributed by atoms with Crippen LogP contribution in [-0.2, 0) is 4.79 Å².